The van der Waals surface area contributed by atoms with E-state index in [2.05, 4.69) is 18.8 Å². The Morgan fingerprint density at radius 1 is 1.44 bits per heavy atom. The van der Waals surface area contributed by atoms with Gasteiger partial charge in [0.25, 0.3) is 0 Å². The van der Waals surface area contributed by atoms with Crippen LogP contribution in [0.5, 0.6) is 0 Å². The van der Waals surface area contributed by atoms with Crippen LogP contribution in [0.4, 0.5) is 4.39 Å². The van der Waals surface area contributed by atoms with Gasteiger partial charge in [-0.15, -0.1) is 0 Å². The Hall–Kier alpha value is -1.35. The topological polar surface area (TPSA) is 41.8 Å². The molecule has 0 bridgehead atoms. The smallest absolute Gasteiger partial charge is 0.125 e. The molecule has 0 aliphatic heterocycles. The van der Waals surface area contributed by atoms with E-state index < -0.39 is 0 Å². The normalized spacial score (nSPS) is 15.2. The minimum atomic E-state index is -0.214. The molecule has 0 aliphatic rings. The molecule has 16 heavy (non-hydrogen) atoms. The van der Waals surface area contributed by atoms with Gasteiger partial charge in [-0.3, -0.25) is 0 Å². The molecule has 0 radical (unpaired) electrons. The van der Waals surface area contributed by atoms with Gasteiger partial charge < -0.3 is 10.7 Å². The van der Waals surface area contributed by atoms with Gasteiger partial charge in [0.2, 0.25) is 0 Å². The molecule has 86 valence electrons. The van der Waals surface area contributed by atoms with Crippen molar-refractivity contribution in [3.8, 4) is 0 Å². The van der Waals surface area contributed by atoms with E-state index in [1.807, 2.05) is 12.3 Å². The van der Waals surface area contributed by atoms with Crippen LogP contribution in [0.15, 0.2) is 24.4 Å². The molecule has 1 aromatic heterocycles. The third-order valence-electron chi connectivity index (χ3n) is 3.28. The third-order valence-corrected chi connectivity index (χ3v) is 3.28. The van der Waals surface area contributed by atoms with E-state index in [1.165, 1.54) is 17.7 Å². The van der Waals surface area contributed by atoms with Crippen molar-refractivity contribution in [1.29, 1.82) is 0 Å². The highest BCUT2D eigenvalue weighted by Crippen LogP contribution is 2.28. The average molecular weight is 220 g/mol. The summed E-state index contributed by atoms with van der Waals surface area (Å²) in [6.07, 6.45) is 2.87. The van der Waals surface area contributed by atoms with Gasteiger partial charge in [-0.1, -0.05) is 13.8 Å². The fourth-order valence-electron chi connectivity index (χ4n) is 2.08. The lowest BCUT2D eigenvalue weighted by atomic mass is 9.92. The highest BCUT2D eigenvalue weighted by molar-refractivity contribution is 5.83. The predicted molar refractivity (Wildman–Crippen MR) is 64.9 cm³/mol. The molecule has 0 spiro atoms. The average Bonchev–Trinajstić information content (AvgIpc) is 2.69. The Morgan fingerprint density at radius 3 is 2.88 bits per heavy atom. The Kier molecular flexibility index (Phi) is 2.97. The summed E-state index contributed by atoms with van der Waals surface area (Å²) in [5.74, 6) is 0.0672. The van der Waals surface area contributed by atoms with Crippen molar-refractivity contribution in [3.05, 3.63) is 35.8 Å². The second-order valence-electron chi connectivity index (χ2n) is 4.29. The molecule has 0 saturated carbocycles. The molecule has 1 aromatic carbocycles. The van der Waals surface area contributed by atoms with Crippen molar-refractivity contribution < 1.29 is 4.39 Å². The van der Waals surface area contributed by atoms with E-state index in [-0.39, 0.29) is 17.8 Å². The summed E-state index contributed by atoms with van der Waals surface area (Å²) >= 11 is 0. The summed E-state index contributed by atoms with van der Waals surface area (Å²) in [6, 6.07) is 4.96. The second-order valence-corrected chi connectivity index (χ2v) is 4.29. The van der Waals surface area contributed by atoms with Crippen LogP contribution >= 0.6 is 0 Å². The van der Waals surface area contributed by atoms with Gasteiger partial charge in [0.05, 0.1) is 0 Å². The largest absolute Gasteiger partial charge is 0.361 e. The number of halogens is 1. The zero-order valence-corrected chi connectivity index (χ0v) is 9.63. The Bertz CT molecular complexity index is 490. The minimum Gasteiger partial charge on any atom is -0.361 e. The van der Waals surface area contributed by atoms with Crippen LogP contribution in [0.1, 0.15) is 31.7 Å². The minimum absolute atomic E-state index is 0.143. The van der Waals surface area contributed by atoms with E-state index in [0.29, 0.717) is 0 Å². The van der Waals surface area contributed by atoms with E-state index in [1.54, 1.807) is 0 Å². The van der Waals surface area contributed by atoms with Gasteiger partial charge in [-0.05, 0) is 36.1 Å². The lowest BCUT2D eigenvalue weighted by molar-refractivity contribution is 0.554. The number of rotatable bonds is 3. The second kappa shape index (κ2) is 4.26. The first-order chi connectivity index (χ1) is 7.63. The zero-order chi connectivity index (χ0) is 11.7. The van der Waals surface area contributed by atoms with Gasteiger partial charge >= 0.3 is 0 Å². The van der Waals surface area contributed by atoms with Crippen LogP contribution in [-0.4, -0.2) is 11.0 Å². The van der Waals surface area contributed by atoms with E-state index >= 15 is 0 Å². The van der Waals surface area contributed by atoms with Crippen LogP contribution in [0.25, 0.3) is 10.9 Å². The molecule has 0 aliphatic carbocycles. The summed E-state index contributed by atoms with van der Waals surface area (Å²) < 4.78 is 13.0. The molecule has 3 N–H and O–H groups in total. The summed E-state index contributed by atoms with van der Waals surface area (Å²) in [7, 11) is 0. The van der Waals surface area contributed by atoms with Crippen molar-refractivity contribution in [1.82, 2.24) is 4.98 Å². The first-order valence-corrected chi connectivity index (χ1v) is 5.65. The van der Waals surface area contributed by atoms with Gasteiger partial charge in [0.15, 0.2) is 0 Å². The monoisotopic (exact) mass is 220 g/mol. The van der Waals surface area contributed by atoms with Gasteiger partial charge in [0, 0.05) is 23.1 Å². The molecule has 1 heterocycles. The molecule has 3 heteroatoms. The number of hydrogen-bond acceptors (Lipinski definition) is 1. The number of benzene rings is 1. The molecule has 2 rings (SSSR count). The molecule has 0 fully saturated rings. The summed E-state index contributed by atoms with van der Waals surface area (Å²) in [4.78, 5) is 3.09. The van der Waals surface area contributed by atoms with Crippen LogP contribution < -0.4 is 5.73 Å². The number of aromatic nitrogens is 1. The maximum Gasteiger partial charge on any atom is 0.125 e. The van der Waals surface area contributed by atoms with Crippen LogP contribution in [0.3, 0.4) is 0 Å². The number of hydrogen-bond donors (Lipinski definition) is 2. The summed E-state index contributed by atoms with van der Waals surface area (Å²) in [6.45, 7) is 4.19. The number of nitrogens with one attached hydrogen (secondary N) is 1. The lowest BCUT2D eigenvalue weighted by Crippen LogP contribution is -2.25. The van der Waals surface area contributed by atoms with Crippen molar-refractivity contribution >= 4 is 10.9 Å². The Morgan fingerprint density at radius 2 is 2.19 bits per heavy atom. The zero-order valence-electron chi connectivity index (χ0n) is 9.63. The highest BCUT2D eigenvalue weighted by Gasteiger charge is 2.16. The maximum absolute atomic E-state index is 13.0. The van der Waals surface area contributed by atoms with Crippen molar-refractivity contribution in [2.75, 3.05) is 0 Å². The maximum atomic E-state index is 13.0. The van der Waals surface area contributed by atoms with Gasteiger partial charge in [-0.25, -0.2) is 4.39 Å². The Labute approximate surface area is 94.7 Å². The molecule has 2 aromatic rings. The fraction of sp³-hybridized carbons (Fsp3) is 0.385. The predicted octanol–water partition coefficient (Wildman–Crippen LogP) is 3.15. The lowest BCUT2D eigenvalue weighted by Gasteiger charge is -2.17. The fourth-order valence-corrected chi connectivity index (χ4v) is 2.08. The third kappa shape index (κ3) is 1.83. The SMILES string of the molecule is CC[C@@H](N)[C@@H](C)c1c[nH]c2cc(F)ccc12. The first-order valence-electron chi connectivity index (χ1n) is 5.65. The first kappa shape index (κ1) is 11.1. The quantitative estimate of drug-likeness (QED) is 0.819. The molecular formula is C13H17FN2. The number of nitrogens with two attached hydrogens (primary N) is 1. The van der Waals surface area contributed by atoms with Gasteiger partial charge in [-0.2, -0.15) is 0 Å². The molecule has 2 nitrogen and oxygen atoms in total. The van der Waals surface area contributed by atoms with Crippen molar-refractivity contribution in [2.45, 2.75) is 32.2 Å². The van der Waals surface area contributed by atoms with Gasteiger partial charge in [0.1, 0.15) is 5.82 Å². The van der Waals surface area contributed by atoms with Crippen LogP contribution in [0, 0.1) is 5.82 Å². The Balaban J connectivity index is 2.45. The molecular weight excluding hydrogens is 203 g/mol. The molecule has 0 unspecified atom stereocenters. The molecule has 2 atom stereocenters. The molecule has 0 amide bonds. The standard InChI is InChI=1S/C13H17FN2/c1-3-12(15)8(2)11-7-16-13-6-9(14)4-5-10(11)13/h4-8,12,16H,3,15H2,1-2H3/t8-,12+/m0/s1. The molecule has 0 saturated heterocycles. The number of aromatic amines is 1. The van der Waals surface area contributed by atoms with E-state index in [4.69, 9.17) is 5.73 Å². The number of H-pyrrole nitrogens is 1. The van der Waals surface area contributed by atoms with Crippen molar-refractivity contribution in [3.63, 3.8) is 0 Å². The van der Waals surface area contributed by atoms with E-state index in [0.717, 1.165) is 17.3 Å². The van der Waals surface area contributed by atoms with Crippen molar-refractivity contribution in [2.24, 2.45) is 5.73 Å². The van der Waals surface area contributed by atoms with Crippen LogP contribution in [-0.2, 0) is 0 Å². The number of fused-ring (bicyclic) bond motifs is 1. The van der Waals surface area contributed by atoms with Crippen LogP contribution in [0.2, 0.25) is 0 Å². The highest BCUT2D eigenvalue weighted by atomic mass is 19.1. The summed E-state index contributed by atoms with van der Waals surface area (Å²) in [5.41, 5.74) is 8.05. The van der Waals surface area contributed by atoms with E-state index in [9.17, 15) is 4.39 Å². The summed E-state index contributed by atoms with van der Waals surface area (Å²) in [5, 5.41) is 1.07.